The monoisotopic (exact) mass is 534 g/mol. The zero-order valence-electron chi connectivity index (χ0n) is 20.3. The quantitative estimate of drug-likeness (QED) is 0.254. The lowest BCUT2D eigenvalue weighted by Crippen LogP contribution is -2.32. The third kappa shape index (κ3) is 5.61. The maximum atomic E-state index is 13.7. The molecular formula is C27H26N4O4S2. The fraction of sp³-hybridized carbons (Fsp3) is 0.148. The van der Waals surface area contributed by atoms with E-state index < -0.39 is 10.0 Å². The molecule has 0 aliphatic heterocycles. The van der Waals surface area contributed by atoms with Crippen molar-refractivity contribution in [1.29, 1.82) is 0 Å². The Labute approximate surface area is 220 Å². The van der Waals surface area contributed by atoms with Crippen molar-refractivity contribution in [2.24, 2.45) is 0 Å². The first-order valence-electron chi connectivity index (χ1n) is 11.4. The largest absolute Gasteiger partial charge is 0.494 e. The first kappa shape index (κ1) is 26.2. The molecule has 4 aromatic rings. The molecule has 37 heavy (non-hydrogen) atoms. The number of hydrogen-bond donors (Lipinski definition) is 0. The minimum absolute atomic E-state index is 0.0799. The van der Waals surface area contributed by atoms with Gasteiger partial charge in [0.15, 0.2) is 5.13 Å². The summed E-state index contributed by atoms with van der Waals surface area (Å²) in [5.74, 6) is 0.298. The number of hydrogen-bond acceptors (Lipinski definition) is 7. The summed E-state index contributed by atoms with van der Waals surface area (Å²) in [7, 11) is -2.20. The van der Waals surface area contributed by atoms with Crippen LogP contribution in [0.15, 0.2) is 97.2 Å². The number of anilines is 1. The van der Waals surface area contributed by atoms with Gasteiger partial charge in [0.05, 0.1) is 23.2 Å². The standard InChI is InChI=1S/C27H26N4O4S2/c1-4-16-30(17-5-2)37(33,34)22-13-11-21(12-14-22)26(32)31(19-20-8-7-15-28-18-20)27-29-25-23(35-3)9-6-10-24(25)36-27/h4-15,18H,1-2,16-17,19H2,3H3. The van der Waals surface area contributed by atoms with Crippen LogP contribution in [0.5, 0.6) is 5.75 Å². The predicted octanol–water partition coefficient (Wildman–Crippen LogP) is 4.91. The maximum Gasteiger partial charge on any atom is 0.260 e. The van der Waals surface area contributed by atoms with Crippen molar-refractivity contribution in [3.8, 4) is 5.75 Å². The lowest BCUT2D eigenvalue weighted by atomic mass is 10.2. The number of sulfonamides is 1. The Morgan fingerprint density at radius 2 is 1.78 bits per heavy atom. The summed E-state index contributed by atoms with van der Waals surface area (Å²) in [6.07, 6.45) is 6.39. The normalized spacial score (nSPS) is 11.4. The smallest absolute Gasteiger partial charge is 0.260 e. The number of fused-ring (bicyclic) bond motifs is 1. The lowest BCUT2D eigenvalue weighted by molar-refractivity contribution is 0.0985. The van der Waals surface area contributed by atoms with Crippen molar-refractivity contribution in [2.45, 2.75) is 11.4 Å². The van der Waals surface area contributed by atoms with E-state index in [4.69, 9.17) is 9.72 Å². The minimum Gasteiger partial charge on any atom is -0.494 e. The van der Waals surface area contributed by atoms with E-state index in [9.17, 15) is 13.2 Å². The number of thiazole rings is 1. The summed E-state index contributed by atoms with van der Waals surface area (Å²) in [4.78, 5) is 24.2. The van der Waals surface area contributed by atoms with E-state index in [1.807, 2.05) is 24.3 Å². The van der Waals surface area contributed by atoms with Crippen molar-refractivity contribution in [3.63, 3.8) is 0 Å². The molecule has 0 saturated heterocycles. The third-order valence-corrected chi connectivity index (χ3v) is 8.42. The van der Waals surface area contributed by atoms with Crippen LogP contribution in [0, 0.1) is 0 Å². The van der Waals surface area contributed by atoms with Gasteiger partial charge in [-0.2, -0.15) is 4.31 Å². The zero-order chi connectivity index (χ0) is 26.4. The molecule has 2 aromatic carbocycles. The molecule has 4 rings (SSSR count). The number of carbonyl (C=O) groups excluding carboxylic acids is 1. The molecule has 2 aromatic heterocycles. The molecule has 0 radical (unpaired) electrons. The van der Waals surface area contributed by atoms with Crippen LogP contribution in [0.25, 0.3) is 10.2 Å². The highest BCUT2D eigenvalue weighted by Gasteiger charge is 2.25. The Bertz CT molecular complexity index is 1510. The number of ether oxygens (including phenoxy) is 1. The number of amides is 1. The fourth-order valence-electron chi connectivity index (χ4n) is 3.73. The highest BCUT2D eigenvalue weighted by atomic mass is 32.2. The van der Waals surface area contributed by atoms with Crippen molar-refractivity contribution in [2.75, 3.05) is 25.1 Å². The van der Waals surface area contributed by atoms with E-state index in [-0.39, 0.29) is 30.4 Å². The maximum absolute atomic E-state index is 13.7. The van der Waals surface area contributed by atoms with Crippen LogP contribution in [0.1, 0.15) is 15.9 Å². The number of benzene rings is 2. The van der Waals surface area contributed by atoms with Crippen LogP contribution in [-0.2, 0) is 16.6 Å². The van der Waals surface area contributed by atoms with Gasteiger partial charge in [-0.15, -0.1) is 13.2 Å². The predicted molar refractivity (Wildman–Crippen MR) is 147 cm³/mol. The highest BCUT2D eigenvalue weighted by Crippen LogP contribution is 2.35. The Hall–Kier alpha value is -3.86. The first-order valence-corrected chi connectivity index (χ1v) is 13.6. The molecule has 0 bridgehead atoms. The molecule has 0 aliphatic rings. The van der Waals surface area contributed by atoms with E-state index in [1.54, 1.807) is 30.5 Å². The summed E-state index contributed by atoms with van der Waals surface area (Å²) in [5.41, 5.74) is 1.82. The molecule has 0 spiro atoms. The molecule has 0 fully saturated rings. The number of carbonyl (C=O) groups is 1. The molecule has 0 aliphatic carbocycles. The molecule has 2 heterocycles. The van der Waals surface area contributed by atoms with Crippen LogP contribution >= 0.6 is 11.3 Å². The van der Waals surface area contributed by atoms with E-state index >= 15 is 0 Å². The minimum atomic E-state index is -3.78. The van der Waals surface area contributed by atoms with Gasteiger partial charge in [-0.25, -0.2) is 13.4 Å². The molecule has 0 saturated carbocycles. The van der Waals surface area contributed by atoms with Crippen LogP contribution in [0.2, 0.25) is 0 Å². The summed E-state index contributed by atoms with van der Waals surface area (Å²) in [6.45, 7) is 7.79. The van der Waals surface area contributed by atoms with Crippen molar-refractivity contribution in [1.82, 2.24) is 14.3 Å². The van der Waals surface area contributed by atoms with Crippen LogP contribution < -0.4 is 9.64 Å². The van der Waals surface area contributed by atoms with Crippen LogP contribution in [0.3, 0.4) is 0 Å². The molecule has 0 unspecified atom stereocenters. The van der Waals surface area contributed by atoms with Gasteiger partial charge in [0.1, 0.15) is 11.3 Å². The SMILES string of the molecule is C=CCN(CC=C)S(=O)(=O)c1ccc(C(=O)N(Cc2cccnc2)c2nc3c(OC)cccc3s2)cc1. The van der Waals surface area contributed by atoms with Gasteiger partial charge in [-0.1, -0.05) is 35.6 Å². The van der Waals surface area contributed by atoms with E-state index in [2.05, 4.69) is 18.1 Å². The molecule has 1 amide bonds. The van der Waals surface area contributed by atoms with Gasteiger partial charge < -0.3 is 4.74 Å². The zero-order valence-corrected chi connectivity index (χ0v) is 21.9. The van der Waals surface area contributed by atoms with Gasteiger partial charge in [0, 0.05) is 31.0 Å². The Morgan fingerprint density at radius 3 is 2.41 bits per heavy atom. The Balaban J connectivity index is 1.70. The molecule has 0 atom stereocenters. The van der Waals surface area contributed by atoms with Gasteiger partial charge in [0.2, 0.25) is 10.0 Å². The summed E-state index contributed by atoms with van der Waals surface area (Å²) in [6, 6.07) is 15.2. The fourth-order valence-corrected chi connectivity index (χ4v) is 6.09. The number of rotatable bonds is 11. The summed E-state index contributed by atoms with van der Waals surface area (Å²) >= 11 is 1.37. The molecule has 190 valence electrons. The van der Waals surface area contributed by atoms with Gasteiger partial charge in [0.25, 0.3) is 5.91 Å². The van der Waals surface area contributed by atoms with Gasteiger partial charge in [-0.05, 0) is 48.0 Å². The van der Waals surface area contributed by atoms with Gasteiger partial charge >= 0.3 is 0 Å². The Kier molecular flexibility index (Phi) is 8.12. The van der Waals surface area contributed by atoms with Crippen LogP contribution in [-0.4, -0.2) is 48.8 Å². The van der Waals surface area contributed by atoms with E-state index in [1.165, 1.54) is 52.1 Å². The number of nitrogens with zero attached hydrogens (tertiary/aromatic N) is 4. The average Bonchev–Trinajstić information content (AvgIpc) is 3.36. The Morgan fingerprint density at radius 1 is 1.05 bits per heavy atom. The van der Waals surface area contributed by atoms with Crippen molar-refractivity contribution in [3.05, 3.63) is 103 Å². The topological polar surface area (TPSA) is 92.7 Å². The molecule has 8 nitrogen and oxygen atoms in total. The average molecular weight is 535 g/mol. The van der Waals surface area contributed by atoms with Gasteiger partial charge in [-0.3, -0.25) is 14.7 Å². The number of aromatic nitrogens is 2. The highest BCUT2D eigenvalue weighted by molar-refractivity contribution is 7.89. The number of para-hydroxylation sites is 1. The second kappa shape index (κ2) is 11.5. The second-order valence-electron chi connectivity index (χ2n) is 7.98. The molecule has 10 heteroatoms. The third-order valence-electron chi connectivity index (χ3n) is 5.53. The van der Waals surface area contributed by atoms with E-state index in [0.29, 0.717) is 22.0 Å². The molecular weight excluding hydrogens is 508 g/mol. The van der Waals surface area contributed by atoms with Crippen LogP contribution in [0.4, 0.5) is 5.13 Å². The summed E-state index contributed by atoms with van der Waals surface area (Å²) < 4.78 is 33.7. The first-order chi connectivity index (χ1) is 17.9. The number of pyridine rings is 1. The van der Waals surface area contributed by atoms with Crippen molar-refractivity contribution >= 4 is 42.6 Å². The lowest BCUT2D eigenvalue weighted by Gasteiger charge is -2.21. The molecule has 0 N–H and O–H groups in total. The summed E-state index contributed by atoms with van der Waals surface area (Å²) in [5, 5.41) is 0.494. The second-order valence-corrected chi connectivity index (χ2v) is 10.9. The van der Waals surface area contributed by atoms with Crippen molar-refractivity contribution < 1.29 is 17.9 Å². The van der Waals surface area contributed by atoms with E-state index in [0.717, 1.165) is 10.3 Å². The number of methoxy groups -OCH3 is 1.